The molecule has 0 amide bonds. The lowest BCUT2D eigenvalue weighted by molar-refractivity contribution is 0.115. The molecule has 8 heteroatoms. The van der Waals surface area contributed by atoms with Crippen molar-refractivity contribution in [3.05, 3.63) is 64.9 Å². The Morgan fingerprint density at radius 1 is 1.23 bits per heavy atom. The van der Waals surface area contributed by atoms with Crippen LogP contribution in [0.4, 0.5) is 0 Å². The van der Waals surface area contributed by atoms with Crippen molar-refractivity contribution in [2.75, 3.05) is 27.2 Å². The molecular weight excluding hydrogens is 372 g/mol. The van der Waals surface area contributed by atoms with Crippen molar-refractivity contribution in [1.29, 1.82) is 0 Å². The zero-order valence-electron chi connectivity index (χ0n) is 15.1. The van der Waals surface area contributed by atoms with Gasteiger partial charge in [0.2, 0.25) is 0 Å². The van der Waals surface area contributed by atoms with Gasteiger partial charge >= 0.3 is 0 Å². The van der Waals surface area contributed by atoms with E-state index < -0.39 is 10.2 Å². The van der Waals surface area contributed by atoms with Crippen LogP contribution in [-0.2, 0) is 10.2 Å². The molecule has 2 unspecified atom stereocenters. The van der Waals surface area contributed by atoms with Gasteiger partial charge in [0.15, 0.2) is 0 Å². The number of rotatable bonds is 5. The van der Waals surface area contributed by atoms with Crippen molar-refractivity contribution in [1.82, 2.24) is 18.7 Å². The molecule has 0 saturated carbocycles. The summed E-state index contributed by atoms with van der Waals surface area (Å²) in [6.45, 7) is 2.80. The van der Waals surface area contributed by atoms with E-state index in [9.17, 15) is 8.42 Å². The molecule has 2 heterocycles. The van der Waals surface area contributed by atoms with Gasteiger partial charge in [-0.25, -0.2) is 5.01 Å². The zero-order chi connectivity index (χ0) is 18.9. The minimum Gasteiger partial charge on any atom is -0.264 e. The number of hydrogen-bond acceptors (Lipinski definition) is 4. The Morgan fingerprint density at radius 3 is 2.50 bits per heavy atom. The van der Waals surface area contributed by atoms with Crippen LogP contribution < -0.4 is 0 Å². The third kappa shape index (κ3) is 3.50. The summed E-state index contributed by atoms with van der Waals surface area (Å²) in [5.41, 5.74) is 1.91. The normalized spacial score (nSPS) is 22.2. The molecule has 140 valence electrons. The highest BCUT2D eigenvalue weighted by Gasteiger charge is 2.47. The third-order valence-corrected chi connectivity index (χ3v) is 7.09. The van der Waals surface area contributed by atoms with E-state index >= 15 is 0 Å². The molecule has 2 aromatic rings. The van der Waals surface area contributed by atoms with E-state index in [0.29, 0.717) is 18.1 Å². The van der Waals surface area contributed by atoms with Gasteiger partial charge in [0.05, 0.1) is 6.04 Å². The predicted molar refractivity (Wildman–Crippen MR) is 103 cm³/mol. The van der Waals surface area contributed by atoms with E-state index in [2.05, 4.69) is 4.98 Å². The monoisotopic (exact) mass is 394 g/mol. The quantitative estimate of drug-likeness (QED) is 0.782. The van der Waals surface area contributed by atoms with Crippen LogP contribution in [0.15, 0.2) is 48.8 Å². The fourth-order valence-electron chi connectivity index (χ4n) is 3.36. The zero-order valence-corrected chi connectivity index (χ0v) is 16.7. The maximum absolute atomic E-state index is 13.2. The molecule has 1 aromatic carbocycles. The summed E-state index contributed by atoms with van der Waals surface area (Å²) >= 11 is 6.04. The Bertz CT molecular complexity index is 845. The lowest BCUT2D eigenvalue weighted by Gasteiger charge is -2.33. The molecule has 0 radical (unpaired) electrons. The first kappa shape index (κ1) is 19.3. The third-order valence-electron chi connectivity index (χ3n) is 4.82. The van der Waals surface area contributed by atoms with Gasteiger partial charge in [0.1, 0.15) is 0 Å². The average molecular weight is 395 g/mol. The van der Waals surface area contributed by atoms with Crippen LogP contribution >= 0.6 is 11.6 Å². The molecule has 1 aliphatic rings. The van der Waals surface area contributed by atoms with Crippen LogP contribution in [0, 0.1) is 0 Å². The Morgan fingerprint density at radius 2 is 1.92 bits per heavy atom. The summed E-state index contributed by atoms with van der Waals surface area (Å²) in [6.07, 6.45) is 3.53. The van der Waals surface area contributed by atoms with Crippen molar-refractivity contribution in [3.8, 4) is 0 Å². The van der Waals surface area contributed by atoms with Crippen molar-refractivity contribution < 1.29 is 8.42 Å². The molecular formula is C18H23ClN4O2S. The minimum atomic E-state index is -3.65. The summed E-state index contributed by atoms with van der Waals surface area (Å²) in [5.74, 6) is -0.0325. The maximum atomic E-state index is 13.2. The van der Waals surface area contributed by atoms with Gasteiger partial charge in [-0.05, 0) is 29.3 Å². The number of hydrazine groups is 1. The highest BCUT2D eigenvalue weighted by molar-refractivity contribution is 7.86. The fourth-order valence-corrected chi connectivity index (χ4v) is 5.07. The highest BCUT2D eigenvalue weighted by Crippen LogP contribution is 2.44. The first-order valence-electron chi connectivity index (χ1n) is 8.48. The number of hydrogen-bond donors (Lipinski definition) is 0. The molecule has 0 aliphatic carbocycles. The van der Waals surface area contributed by atoms with E-state index in [1.807, 2.05) is 31.2 Å². The van der Waals surface area contributed by atoms with Crippen LogP contribution in [0.2, 0.25) is 5.02 Å². The van der Waals surface area contributed by atoms with Gasteiger partial charge in [0.25, 0.3) is 10.2 Å². The number of aromatic nitrogens is 1. The van der Waals surface area contributed by atoms with E-state index in [4.69, 9.17) is 11.6 Å². The predicted octanol–water partition coefficient (Wildman–Crippen LogP) is 2.92. The van der Waals surface area contributed by atoms with Crippen LogP contribution in [-0.4, -0.2) is 54.3 Å². The maximum Gasteiger partial charge on any atom is 0.295 e. The van der Waals surface area contributed by atoms with Crippen LogP contribution in [0.1, 0.15) is 30.0 Å². The average Bonchev–Trinajstić information content (AvgIpc) is 3.00. The van der Waals surface area contributed by atoms with Gasteiger partial charge in [-0.15, -0.1) is 4.41 Å². The standard InChI is InChI=1S/C18H23ClN4O2S/c1-4-22(3)26(24,25)23-18(14-7-9-16(19)10-8-14)17(13-21(23)2)15-6-5-11-20-12-15/h5-12,17-18H,4,13H2,1-3H3. The van der Waals surface area contributed by atoms with Crippen molar-refractivity contribution in [2.45, 2.75) is 18.9 Å². The lowest BCUT2D eigenvalue weighted by Crippen LogP contribution is -2.47. The smallest absolute Gasteiger partial charge is 0.264 e. The topological polar surface area (TPSA) is 56.8 Å². The van der Waals surface area contributed by atoms with Crippen molar-refractivity contribution in [3.63, 3.8) is 0 Å². The van der Waals surface area contributed by atoms with Crippen molar-refractivity contribution in [2.24, 2.45) is 0 Å². The summed E-state index contributed by atoms with van der Waals surface area (Å²) in [5, 5.41) is 2.40. The first-order valence-corrected chi connectivity index (χ1v) is 10.3. The molecule has 0 N–H and O–H groups in total. The molecule has 2 atom stereocenters. The second-order valence-electron chi connectivity index (χ2n) is 6.42. The summed E-state index contributed by atoms with van der Waals surface area (Å²) < 4.78 is 29.2. The number of benzene rings is 1. The van der Waals surface area contributed by atoms with Gasteiger partial charge in [0, 0.05) is 50.5 Å². The van der Waals surface area contributed by atoms with Crippen LogP contribution in [0.3, 0.4) is 0 Å². The number of nitrogens with zero attached hydrogens (tertiary/aromatic N) is 4. The lowest BCUT2D eigenvalue weighted by atomic mass is 9.89. The van der Waals surface area contributed by atoms with Gasteiger partial charge in [-0.2, -0.15) is 12.7 Å². The molecule has 3 rings (SSSR count). The Labute approximate surface area is 160 Å². The largest absolute Gasteiger partial charge is 0.295 e. The summed E-state index contributed by atoms with van der Waals surface area (Å²) in [6, 6.07) is 10.9. The van der Waals surface area contributed by atoms with E-state index in [1.165, 1.54) is 8.72 Å². The molecule has 1 aromatic heterocycles. The molecule has 26 heavy (non-hydrogen) atoms. The number of pyridine rings is 1. The van der Waals surface area contributed by atoms with E-state index in [1.54, 1.807) is 43.6 Å². The van der Waals surface area contributed by atoms with Gasteiger partial charge in [-0.3, -0.25) is 4.98 Å². The minimum absolute atomic E-state index is 0.0325. The Balaban J connectivity index is 2.12. The van der Waals surface area contributed by atoms with E-state index in [0.717, 1.165) is 11.1 Å². The molecule has 0 spiro atoms. The fraction of sp³-hybridized carbons (Fsp3) is 0.389. The molecule has 6 nitrogen and oxygen atoms in total. The van der Waals surface area contributed by atoms with Gasteiger partial charge in [-0.1, -0.05) is 36.7 Å². The van der Waals surface area contributed by atoms with Crippen LogP contribution in [0.5, 0.6) is 0 Å². The van der Waals surface area contributed by atoms with E-state index in [-0.39, 0.29) is 12.0 Å². The first-order chi connectivity index (χ1) is 12.4. The SMILES string of the molecule is CCN(C)S(=O)(=O)N1C(c2ccc(Cl)cc2)C(c2cccnc2)CN1C. The molecule has 1 fully saturated rings. The highest BCUT2D eigenvalue weighted by atomic mass is 35.5. The number of halogens is 1. The molecule has 0 bridgehead atoms. The Hall–Kier alpha value is -1.51. The molecule has 1 aliphatic heterocycles. The van der Waals surface area contributed by atoms with Crippen molar-refractivity contribution >= 4 is 21.8 Å². The second-order valence-corrected chi connectivity index (χ2v) is 8.75. The Kier molecular flexibility index (Phi) is 5.64. The second kappa shape index (κ2) is 7.62. The molecule has 1 saturated heterocycles. The number of likely N-dealkylation sites (N-methyl/N-ethyl adjacent to an activating group) is 1. The van der Waals surface area contributed by atoms with Gasteiger partial charge < -0.3 is 0 Å². The summed E-state index contributed by atoms with van der Waals surface area (Å²) in [7, 11) is -0.245. The summed E-state index contributed by atoms with van der Waals surface area (Å²) in [4.78, 5) is 4.22. The van der Waals surface area contributed by atoms with Crippen LogP contribution in [0.25, 0.3) is 0 Å².